The number of pyridine rings is 1. The van der Waals surface area contributed by atoms with Gasteiger partial charge in [-0.05, 0) is 115 Å². The Morgan fingerprint density at radius 1 is 0.857 bits per heavy atom. The van der Waals surface area contributed by atoms with E-state index >= 15 is 0 Å². The Labute approximate surface area is 210 Å². The highest BCUT2D eigenvalue weighted by atomic mass is 14.7. The van der Waals surface area contributed by atoms with Crippen LogP contribution in [0.15, 0.2) is 60.9 Å². The van der Waals surface area contributed by atoms with Crippen LogP contribution in [0.3, 0.4) is 0 Å². The average Bonchev–Trinajstić information content (AvgIpc) is 3.44. The third-order valence-corrected chi connectivity index (χ3v) is 7.77. The Kier molecular flexibility index (Phi) is 7.18. The summed E-state index contributed by atoms with van der Waals surface area (Å²) in [6.07, 6.45) is 17.8. The number of hydrogen-bond donors (Lipinski definition) is 1. The van der Waals surface area contributed by atoms with Crippen molar-refractivity contribution >= 4 is 17.0 Å². The number of aromatic nitrogens is 2. The lowest BCUT2D eigenvalue weighted by atomic mass is 9.95. The highest BCUT2D eigenvalue weighted by molar-refractivity contribution is 5.83. The molecule has 0 saturated heterocycles. The van der Waals surface area contributed by atoms with Crippen LogP contribution in [0, 0.1) is 6.92 Å². The Morgan fingerprint density at radius 3 is 2.54 bits per heavy atom. The van der Waals surface area contributed by atoms with Crippen LogP contribution in [0.1, 0.15) is 83.7 Å². The van der Waals surface area contributed by atoms with Crippen molar-refractivity contribution in [2.75, 3.05) is 0 Å². The van der Waals surface area contributed by atoms with Gasteiger partial charge in [-0.1, -0.05) is 56.7 Å². The number of rotatable bonds is 10. The number of H-pyrrole nitrogens is 1. The Bertz CT molecular complexity index is 1340. The topological polar surface area (TPSA) is 28.7 Å². The van der Waals surface area contributed by atoms with Crippen molar-refractivity contribution in [2.24, 2.45) is 0 Å². The summed E-state index contributed by atoms with van der Waals surface area (Å²) < 4.78 is 0. The Morgan fingerprint density at radius 2 is 1.66 bits per heavy atom. The van der Waals surface area contributed by atoms with E-state index < -0.39 is 0 Å². The molecule has 0 amide bonds. The van der Waals surface area contributed by atoms with Crippen molar-refractivity contribution < 1.29 is 0 Å². The minimum Gasteiger partial charge on any atom is -0.361 e. The molecule has 0 radical (unpaired) electrons. The molecule has 2 nitrogen and oxygen atoms in total. The molecule has 0 aliphatic heterocycles. The first-order valence-electron chi connectivity index (χ1n) is 13.5. The van der Waals surface area contributed by atoms with E-state index in [0.717, 1.165) is 38.5 Å². The van der Waals surface area contributed by atoms with Crippen LogP contribution in [0.25, 0.3) is 17.0 Å². The average molecular weight is 463 g/mol. The number of fused-ring (bicyclic) bond motifs is 2. The maximum absolute atomic E-state index is 4.76. The lowest BCUT2D eigenvalue weighted by molar-refractivity contribution is 0.777. The first-order chi connectivity index (χ1) is 17.1. The van der Waals surface area contributed by atoms with Crippen LogP contribution < -0.4 is 0 Å². The number of allylic oxidation sites excluding steroid dienone is 1. The number of aryl methyl sites for hydroxylation is 5. The van der Waals surface area contributed by atoms with Crippen molar-refractivity contribution in [3.8, 4) is 0 Å². The Balaban J connectivity index is 1.17. The van der Waals surface area contributed by atoms with Crippen molar-refractivity contribution in [3.63, 3.8) is 0 Å². The van der Waals surface area contributed by atoms with Crippen LogP contribution in [-0.4, -0.2) is 9.97 Å². The fourth-order valence-corrected chi connectivity index (χ4v) is 5.63. The van der Waals surface area contributed by atoms with Gasteiger partial charge in [-0.15, -0.1) is 0 Å². The predicted molar refractivity (Wildman–Crippen MR) is 149 cm³/mol. The highest BCUT2D eigenvalue weighted by Crippen LogP contribution is 2.30. The van der Waals surface area contributed by atoms with Crippen molar-refractivity contribution in [2.45, 2.75) is 78.1 Å². The van der Waals surface area contributed by atoms with E-state index in [1.807, 2.05) is 6.20 Å². The molecule has 1 atom stereocenters. The van der Waals surface area contributed by atoms with E-state index in [1.165, 1.54) is 68.4 Å². The Hall–Kier alpha value is -3.13. The zero-order valence-electron chi connectivity index (χ0n) is 21.5. The van der Waals surface area contributed by atoms with E-state index in [2.05, 4.69) is 86.6 Å². The van der Waals surface area contributed by atoms with Gasteiger partial charge in [-0.25, -0.2) is 0 Å². The van der Waals surface area contributed by atoms with Gasteiger partial charge in [-0.2, -0.15) is 0 Å². The summed E-state index contributed by atoms with van der Waals surface area (Å²) >= 11 is 0. The fourth-order valence-electron chi connectivity index (χ4n) is 5.63. The summed E-state index contributed by atoms with van der Waals surface area (Å²) in [5.41, 5.74) is 12.6. The molecule has 5 rings (SSSR count). The van der Waals surface area contributed by atoms with Crippen molar-refractivity contribution in [1.82, 2.24) is 9.97 Å². The van der Waals surface area contributed by atoms with Gasteiger partial charge in [0.15, 0.2) is 0 Å². The zero-order chi connectivity index (χ0) is 24.2. The summed E-state index contributed by atoms with van der Waals surface area (Å²) in [4.78, 5) is 8.22. The molecule has 0 bridgehead atoms. The van der Waals surface area contributed by atoms with Gasteiger partial charge in [-0.3, -0.25) is 4.98 Å². The fraction of sp³-hybridized carbons (Fsp3) is 0.364. The molecule has 1 aliphatic carbocycles. The molecule has 2 heterocycles. The third-order valence-electron chi connectivity index (χ3n) is 7.77. The molecule has 180 valence electrons. The predicted octanol–water partition coefficient (Wildman–Crippen LogP) is 8.30. The lowest BCUT2D eigenvalue weighted by Gasteiger charge is -2.12. The van der Waals surface area contributed by atoms with Crippen molar-refractivity contribution in [1.29, 1.82) is 0 Å². The zero-order valence-corrected chi connectivity index (χ0v) is 21.5. The quantitative estimate of drug-likeness (QED) is 0.252. The number of hydrogen-bond acceptors (Lipinski definition) is 1. The van der Waals surface area contributed by atoms with E-state index in [4.69, 9.17) is 4.98 Å². The summed E-state index contributed by atoms with van der Waals surface area (Å²) in [7, 11) is 0. The van der Waals surface area contributed by atoms with Gasteiger partial charge in [0, 0.05) is 29.0 Å². The molecule has 4 aromatic rings. The van der Waals surface area contributed by atoms with E-state index in [1.54, 1.807) is 0 Å². The van der Waals surface area contributed by atoms with Crippen molar-refractivity contribution in [3.05, 3.63) is 106 Å². The first kappa shape index (κ1) is 23.6. The second-order valence-corrected chi connectivity index (χ2v) is 10.3. The summed E-state index contributed by atoms with van der Waals surface area (Å²) in [6.45, 7) is 6.80. The third kappa shape index (κ3) is 5.27. The molecule has 1 unspecified atom stereocenters. The van der Waals surface area contributed by atoms with Gasteiger partial charge in [0.2, 0.25) is 0 Å². The number of nitrogens with zero attached hydrogens (tertiary/aromatic N) is 1. The monoisotopic (exact) mass is 462 g/mol. The van der Waals surface area contributed by atoms with Gasteiger partial charge < -0.3 is 4.98 Å². The molecule has 2 aromatic carbocycles. The second kappa shape index (κ2) is 10.6. The minimum atomic E-state index is 0.553. The first-order valence-corrected chi connectivity index (χ1v) is 13.5. The SMILES string of the molecule is CCCc1ccc2[nH]cc(CCCc3nccc(CCCc4ccc5c(c4)C(C)C=C5)c3C)c2c1. The molecule has 1 aliphatic rings. The van der Waals surface area contributed by atoms with Crippen LogP contribution in [-0.2, 0) is 32.1 Å². The molecular formula is C33H38N2. The molecule has 0 spiro atoms. The van der Waals surface area contributed by atoms with E-state index in [9.17, 15) is 0 Å². The normalized spacial score (nSPS) is 14.7. The number of benzene rings is 2. The second-order valence-electron chi connectivity index (χ2n) is 10.3. The van der Waals surface area contributed by atoms with Gasteiger partial charge in [0.25, 0.3) is 0 Å². The van der Waals surface area contributed by atoms with Crippen LogP contribution in [0.4, 0.5) is 0 Å². The van der Waals surface area contributed by atoms with Crippen LogP contribution >= 0.6 is 0 Å². The smallest absolute Gasteiger partial charge is 0.0456 e. The van der Waals surface area contributed by atoms with Gasteiger partial charge in [0.05, 0.1) is 0 Å². The molecule has 2 aromatic heterocycles. The largest absolute Gasteiger partial charge is 0.361 e. The molecule has 35 heavy (non-hydrogen) atoms. The summed E-state index contributed by atoms with van der Waals surface area (Å²) in [5.74, 6) is 0.553. The molecule has 0 fully saturated rings. The van der Waals surface area contributed by atoms with E-state index in [-0.39, 0.29) is 0 Å². The minimum absolute atomic E-state index is 0.553. The van der Waals surface area contributed by atoms with Crippen LogP contribution in [0.5, 0.6) is 0 Å². The standard InChI is InChI=1S/C33H38N2/c1-4-7-25-14-17-33-31(21-25)29(22-35-33)10-6-11-32-24(3)27(18-19-34-32)9-5-8-26-13-16-28-15-12-23(2)30(28)20-26/h12-23,35H,4-11H2,1-3H3. The maximum atomic E-state index is 4.76. The lowest BCUT2D eigenvalue weighted by Crippen LogP contribution is -2.01. The summed E-state index contributed by atoms with van der Waals surface area (Å²) in [5, 5.41) is 1.39. The van der Waals surface area contributed by atoms with E-state index in [0.29, 0.717) is 5.92 Å². The maximum Gasteiger partial charge on any atom is 0.0456 e. The van der Waals surface area contributed by atoms with Gasteiger partial charge in [0.1, 0.15) is 0 Å². The number of aromatic amines is 1. The summed E-state index contributed by atoms with van der Waals surface area (Å²) in [6, 6.07) is 16.1. The molecule has 0 saturated carbocycles. The molecular weight excluding hydrogens is 424 g/mol. The highest BCUT2D eigenvalue weighted by Gasteiger charge is 2.13. The van der Waals surface area contributed by atoms with Gasteiger partial charge >= 0.3 is 0 Å². The van der Waals surface area contributed by atoms with Crippen LogP contribution in [0.2, 0.25) is 0 Å². The number of nitrogens with one attached hydrogen (secondary N) is 1. The molecule has 1 N–H and O–H groups in total. The molecule has 2 heteroatoms.